The van der Waals surface area contributed by atoms with E-state index in [9.17, 15) is 12.8 Å². The summed E-state index contributed by atoms with van der Waals surface area (Å²) < 4.78 is 40.0. The van der Waals surface area contributed by atoms with Crippen molar-refractivity contribution in [2.45, 2.75) is 19.4 Å². The molecule has 32 heavy (non-hydrogen) atoms. The highest BCUT2D eigenvalue weighted by Crippen LogP contribution is 2.22. The Kier molecular flexibility index (Phi) is 7.73. The van der Waals surface area contributed by atoms with Crippen LogP contribution in [0.15, 0.2) is 60.0 Å². The van der Waals surface area contributed by atoms with E-state index in [4.69, 9.17) is 0 Å². The van der Waals surface area contributed by atoms with Crippen LogP contribution >= 0.6 is 0 Å². The predicted molar refractivity (Wildman–Crippen MR) is 127 cm³/mol. The standard InChI is InChI=1S/C25H32FN3O2S/c26-25-8-6-23(7-9-25)20-27-15-17-28(18-16-27)21-24-10-13-29(14-11-24)32(30,31)19-12-22-4-2-1-3-5-22/h1-9,12,19,24H,10-11,13-18,20-21H2/b19-12+. The topological polar surface area (TPSA) is 43.9 Å². The van der Waals surface area contributed by atoms with Gasteiger partial charge in [-0.2, -0.15) is 4.31 Å². The van der Waals surface area contributed by atoms with Gasteiger partial charge in [0, 0.05) is 57.8 Å². The van der Waals surface area contributed by atoms with E-state index in [2.05, 4.69) is 9.80 Å². The van der Waals surface area contributed by atoms with Gasteiger partial charge in [0.05, 0.1) is 0 Å². The van der Waals surface area contributed by atoms with Crippen LogP contribution in [-0.4, -0.2) is 68.3 Å². The highest BCUT2D eigenvalue weighted by Gasteiger charge is 2.28. The second-order valence-corrected chi connectivity index (χ2v) is 10.6. The molecular formula is C25H32FN3O2S. The Morgan fingerprint density at radius 1 is 0.844 bits per heavy atom. The van der Waals surface area contributed by atoms with Crippen molar-refractivity contribution in [1.82, 2.24) is 14.1 Å². The number of hydrogen-bond acceptors (Lipinski definition) is 4. The predicted octanol–water partition coefficient (Wildman–Crippen LogP) is 3.66. The van der Waals surface area contributed by atoms with E-state index in [1.807, 2.05) is 42.5 Å². The van der Waals surface area contributed by atoms with Gasteiger partial charge in [0.25, 0.3) is 0 Å². The minimum Gasteiger partial charge on any atom is -0.301 e. The third-order valence-electron chi connectivity index (χ3n) is 6.47. The Hall–Kier alpha value is -2.06. The first-order valence-corrected chi connectivity index (χ1v) is 12.9. The monoisotopic (exact) mass is 457 g/mol. The molecule has 5 nitrogen and oxygen atoms in total. The molecule has 7 heteroatoms. The molecule has 0 radical (unpaired) electrons. The highest BCUT2D eigenvalue weighted by atomic mass is 32.2. The summed E-state index contributed by atoms with van der Waals surface area (Å²) in [5, 5.41) is 1.34. The summed E-state index contributed by atoms with van der Waals surface area (Å²) in [5.74, 6) is 0.354. The molecule has 0 aromatic heterocycles. The van der Waals surface area contributed by atoms with Crippen LogP contribution in [0.4, 0.5) is 4.39 Å². The van der Waals surface area contributed by atoms with Gasteiger partial charge in [0.15, 0.2) is 0 Å². The zero-order valence-electron chi connectivity index (χ0n) is 18.4. The lowest BCUT2D eigenvalue weighted by Crippen LogP contribution is -2.48. The first-order chi connectivity index (χ1) is 15.5. The molecule has 0 spiro atoms. The molecule has 0 aliphatic carbocycles. The summed E-state index contributed by atoms with van der Waals surface area (Å²) >= 11 is 0. The van der Waals surface area contributed by atoms with Crippen LogP contribution in [0, 0.1) is 11.7 Å². The van der Waals surface area contributed by atoms with Gasteiger partial charge in [-0.05, 0) is 48.1 Å². The van der Waals surface area contributed by atoms with Crippen molar-refractivity contribution in [3.05, 3.63) is 76.9 Å². The van der Waals surface area contributed by atoms with Crippen LogP contribution in [0.25, 0.3) is 6.08 Å². The van der Waals surface area contributed by atoms with Gasteiger partial charge in [0.2, 0.25) is 10.0 Å². The van der Waals surface area contributed by atoms with Crippen molar-refractivity contribution < 1.29 is 12.8 Å². The fourth-order valence-corrected chi connectivity index (χ4v) is 5.73. The zero-order chi connectivity index (χ0) is 22.4. The largest absolute Gasteiger partial charge is 0.301 e. The SMILES string of the molecule is O=S(=O)(/C=C/c1ccccc1)N1CCC(CN2CCN(Cc3ccc(F)cc3)CC2)CC1. The van der Waals surface area contributed by atoms with Crippen LogP contribution < -0.4 is 0 Å². The Bertz CT molecular complexity index is 980. The maximum atomic E-state index is 13.1. The van der Waals surface area contributed by atoms with Crippen LogP contribution in [0.3, 0.4) is 0 Å². The lowest BCUT2D eigenvalue weighted by atomic mass is 9.97. The molecule has 0 bridgehead atoms. The Labute approximate surface area is 191 Å². The lowest BCUT2D eigenvalue weighted by Gasteiger charge is -2.38. The first-order valence-electron chi connectivity index (χ1n) is 11.4. The summed E-state index contributed by atoms with van der Waals surface area (Å²) in [7, 11) is -3.37. The van der Waals surface area contributed by atoms with Crippen molar-refractivity contribution in [3.8, 4) is 0 Å². The molecule has 4 rings (SSSR count). The van der Waals surface area contributed by atoms with E-state index < -0.39 is 10.0 Å². The van der Waals surface area contributed by atoms with Gasteiger partial charge in [-0.1, -0.05) is 42.5 Å². The van der Waals surface area contributed by atoms with Gasteiger partial charge in [-0.25, -0.2) is 12.8 Å². The minimum atomic E-state index is -3.37. The van der Waals surface area contributed by atoms with Crippen LogP contribution in [0.5, 0.6) is 0 Å². The van der Waals surface area contributed by atoms with E-state index in [-0.39, 0.29) is 5.82 Å². The van der Waals surface area contributed by atoms with Crippen LogP contribution in [0.1, 0.15) is 24.0 Å². The molecule has 2 aliphatic heterocycles. The van der Waals surface area contributed by atoms with E-state index in [1.54, 1.807) is 10.4 Å². The fourth-order valence-electron chi connectivity index (χ4n) is 4.50. The van der Waals surface area contributed by atoms with Gasteiger partial charge >= 0.3 is 0 Å². The molecule has 0 saturated carbocycles. The highest BCUT2D eigenvalue weighted by molar-refractivity contribution is 7.92. The number of rotatable bonds is 7. The molecule has 2 fully saturated rings. The van der Waals surface area contributed by atoms with E-state index in [0.717, 1.165) is 63.2 Å². The third kappa shape index (κ3) is 6.48. The number of nitrogens with zero attached hydrogens (tertiary/aromatic N) is 3. The van der Waals surface area contributed by atoms with E-state index in [1.165, 1.54) is 17.5 Å². The van der Waals surface area contributed by atoms with Gasteiger partial charge in [0.1, 0.15) is 5.82 Å². The average molecular weight is 458 g/mol. The Balaban J connectivity index is 1.19. The normalized spacial score (nSPS) is 20.2. The molecule has 0 amide bonds. The fraction of sp³-hybridized carbons (Fsp3) is 0.440. The van der Waals surface area contributed by atoms with Gasteiger partial charge in [-0.3, -0.25) is 4.90 Å². The number of piperazine rings is 1. The molecule has 2 aliphatic rings. The Morgan fingerprint density at radius 3 is 2.12 bits per heavy atom. The molecule has 0 unspecified atom stereocenters. The summed E-state index contributed by atoms with van der Waals surface area (Å²) in [6.07, 6.45) is 3.50. The first kappa shape index (κ1) is 23.1. The molecule has 2 heterocycles. The van der Waals surface area contributed by atoms with E-state index >= 15 is 0 Å². The second-order valence-electron chi connectivity index (χ2n) is 8.80. The summed E-state index contributed by atoms with van der Waals surface area (Å²) in [4.78, 5) is 4.92. The second kappa shape index (κ2) is 10.7. The van der Waals surface area contributed by atoms with Gasteiger partial charge < -0.3 is 4.90 Å². The van der Waals surface area contributed by atoms with Crippen LogP contribution in [-0.2, 0) is 16.6 Å². The molecule has 2 aromatic rings. The van der Waals surface area contributed by atoms with Crippen molar-refractivity contribution in [2.75, 3.05) is 45.8 Å². The van der Waals surface area contributed by atoms with Crippen molar-refractivity contribution in [2.24, 2.45) is 5.92 Å². The van der Waals surface area contributed by atoms with E-state index in [0.29, 0.717) is 19.0 Å². The van der Waals surface area contributed by atoms with Crippen LogP contribution in [0.2, 0.25) is 0 Å². The van der Waals surface area contributed by atoms with Crippen molar-refractivity contribution in [1.29, 1.82) is 0 Å². The molecule has 0 N–H and O–H groups in total. The summed E-state index contributed by atoms with van der Waals surface area (Å²) in [6.45, 7) is 7.16. The Morgan fingerprint density at radius 2 is 1.47 bits per heavy atom. The minimum absolute atomic E-state index is 0.190. The van der Waals surface area contributed by atoms with Crippen molar-refractivity contribution in [3.63, 3.8) is 0 Å². The zero-order valence-corrected chi connectivity index (χ0v) is 19.3. The maximum absolute atomic E-state index is 13.1. The lowest BCUT2D eigenvalue weighted by molar-refractivity contribution is 0.102. The number of halogens is 1. The average Bonchev–Trinajstić information content (AvgIpc) is 2.82. The molecule has 0 atom stereocenters. The molecule has 172 valence electrons. The summed E-state index contributed by atoms with van der Waals surface area (Å²) in [5.41, 5.74) is 2.04. The number of hydrogen-bond donors (Lipinski definition) is 0. The molecule has 2 aromatic carbocycles. The number of benzene rings is 2. The maximum Gasteiger partial charge on any atom is 0.236 e. The molecule has 2 saturated heterocycles. The quantitative estimate of drug-likeness (QED) is 0.637. The number of sulfonamides is 1. The number of piperidine rings is 1. The summed E-state index contributed by atoms with van der Waals surface area (Å²) in [6, 6.07) is 16.3. The third-order valence-corrected chi connectivity index (χ3v) is 8.03. The molecular weight excluding hydrogens is 425 g/mol. The van der Waals surface area contributed by atoms with Gasteiger partial charge in [-0.15, -0.1) is 0 Å². The van der Waals surface area contributed by atoms with Crippen molar-refractivity contribution >= 4 is 16.1 Å². The smallest absolute Gasteiger partial charge is 0.236 e.